The van der Waals surface area contributed by atoms with Gasteiger partial charge in [-0.3, -0.25) is 9.59 Å². The summed E-state index contributed by atoms with van der Waals surface area (Å²) in [6.07, 6.45) is 1.15. The molecule has 2 aromatic rings. The normalized spacial score (nSPS) is 14.7. The second-order valence-electron chi connectivity index (χ2n) is 6.42. The maximum Gasteiger partial charge on any atom is 0.253 e. The monoisotopic (exact) mass is 352 g/mol. The van der Waals surface area contributed by atoms with Gasteiger partial charge in [-0.05, 0) is 36.2 Å². The number of nitrogens with zero attached hydrogens (tertiary/aromatic N) is 2. The molecule has 3 rings (SSSR count). The van der Waals surface area contributed by atoms with Crippen molar-refractivity contribution >= 4 is 11.8 Å². The SMILES string of the molecule is COc1cccc(CC(=O)N2CCCN(C(=O)c3ccccc3)CC2)c1. The predicted octanol–water partition coefficient (Wildman–Crippen LogP) is 2.61. The van der Waals surface area contributed by atoms with E-state index in [0.29, 0.717) is 38.2 Å². The molecule has 0 unspecified atom stereocenters. The Balaban J connectivity index is 1.59. The average molecular weight is 352 g/mol. The van der Waals surface area contributed by atoms with Crippen LogP contribution in [0.25, 0.3) is 0 Å². The summed E-state index contributed by atoms with van der Waals surface area (Å²) in [6.45, 7) is 2.50. The molecular formula is C21H24N2O3. The van der Waals surface area contributed by atoms with Crippen LogP contribution in [-0.2, 0) is 11.2 Å². The molecule has 0 N–H and O–H groups in total. The molecule has 2 amide bonds. The Labute approximate surface area is 154 Å². The molecule has 0 saturated carbocycles. The van der Waals surface area contributed by atoms with Gasteiger partial charge in [-0.1, -0.05) is 30.3 Å². The van der Waals surface area contributed by atoms with Gasteiger partial charge >= 0.3 is 0 Å². The molecule has 2 aromatic carbocycles. The molecule has 26 heavy (non-hydrogen) atoms. The topological polar surface area (TPSA) is 49.9 Å². The Kier molecular flexibility index (Phi) is 5.89. The van der Waals surface area contributed by atoms with E-state index in [1.54, 1.807) is 7.11 Å². The first-order valence-electron chi connectivity index (χ1n) is 8.92. The summed E-state index contributed by atoms with van der Waals surface area (Å²) in [6, 6.07) is 16.9. The van der Waals surface area contributed by atoms with E-state index in [0.717, 1.165) is 17.7 Å². The van der Waals surface area contributed by atoms with E-state index >= 15 is 0 Å². The maximum absolute atomic E-state index is 12.6. The molecule has 0 aliphatic carbocycles. The van der Waals surface area contributed by atoms with E-state index in [1.165, 1.54) is 0 Å². The number of rotatable bonds is 4. The van der Waals surface area contributed by atoms with Crippen LogP contribution in [0.15, 0.2) is 54.6 Å². The summed E-state index contributed by atoms with van der Waals surface area (Å²) in [7, 11) is 1.62. The first kappa shape index (κ1) is 18.0. The lowest BCUT2D eigenvalue weighted by atomic mass is 10.1. The summed E-state index contributed by atoms with van der Waals surface area (Å²) in [5.74, 6) is 0.880. The molecule has 0 radical (unpaired) electrons. The highest BCUT2D eigenvalue weighted by Crippen LogP contribution is 2.15. The lowest BCUT2D eigenvalue weighted by Crippen LogP contribution is -2.38. The third-order valence-electron chi connectivity index (χ3n) is 4.65. The largest absolute Gasteiger partial charge is 0.497 e. The van der Waals surface area contributed by atoms with Crippen molar-refractivity contribution in [2.45, 2.75) is 12.8 Å². The summed E-state index contributed by atoms with van der Waals surface area (Å²) >= 11 is 0. The van der Waals surface area contributed by atoms with Crippen molar-refractivity contribution in [3.05, 3.63) is 65.7 Å². The van der Waals surface area contributed by atoms with Crippen molar-refractivity contribution in [3.8, 4) is 5.75 Å². The molecule has 5 heteroatoms. The third kappa shape index (κ3) is 4.42. The number of hydrogen-bond donors (Lipinski definition) is 0. The Hall–Kier alpha value is -2.82. The highest BCUT2D eigenvalue weighted by atomic mass is 16.5. The Bertz CT molecular complexity index is 761. The van der Waals surface area contributed by atoms with Gasteiger partial charge in [0, 0.05) is 31.7 Å². The average Bonchev–Trinajstić information content (AvgIpc) is 2.94. The second kappa shape index (κ2) is 8.52. The van der Waals surface area contributed by atoms with Crippen molar-refractivity contribution in [2.75, 3.05) is 33.3 Å². The fraction of sp³-hybridized carbons (Fsp3) is 0.333. The highest BCUT2D eigenvalue weighted by molar-refractivity contribution is 5.94. The van der Waals surface area contributed by atoms with Crippen LogP contribution in [0.3, 0.4) is 0 Å². The Morgan fingerprint density at radius 3 is 2.42 bits per heavy atom. The van der Waals surface area contributed by atoms with Gasteiger partial charge in [0.25, 0.3) is 5.91 Å². The molecule has 0 bridgehead atoms. The molecule has 5 nitrogen and oxygen atoms in total. The molecule has 0 atom stereocenters. The van der Waals surface area contributed by atoms with Gasteiger partial charge in [-0.15, -0.1) is 0 Å². The van der Waals surface area contributed by atoms with Crippen LogP contribution in [0.1, 0.15) is 22.3 Å². The van der Waals surface area contributed by atoms with E-state index in [9.17, 15) is 9.59 Å². The Morgan fingerprint density at radius 2 is 1.65 bits per heavy atom. The van der Waals surface area contributed by atoms with Gasteiger partial charge in [-0.25, -0.2) is 0 Å². The third-order valence-corrected chi connectivity index (χ3v) is 4.65. The first-order chi connectivity index (χ1) is 12.7. The van der Waals surface area contributed by atoms with Gasteiger partial charge in [0.2, 0.25) is 5.91 Å². The van der Waals surface area contributed by atoms with Crippen molar-refractivity contribution in [3.63, 3.8) is 0 Å². The minimum absolute atomic E-state index is 0.0349. The van der Waals surface area contributed by atoms with E-state index in [-0.39, 0.29) is 11.8 Å². The standard InChI is InChI=1S/C21H24N2O3/c1-26-19-10-5-7-17(15-19)16-20(24)22-11-6-12-23(14-13-22)21(25)18-8-3-2-4-9-18/h2-5,7-10,15H,6,11-14,16H2,1H3. The zero-order valence-electron chi connectivity index (χ0n) is 15.1. The second-order valence-corrected chi connectivity index (χ2v) is 6.42. The number of carbonyl (C=O) groups is 2. The predicted molar refractivity (Wildman–Crippen MR) is 100 cm³/mol. The van der Waals surface area contributed by atoms with Crippen LogP contribution >= 0.6 is 0 Å². The van der Waals surface area contributed by atoms with Crippen LogP contribution < -0.4 is 4.74 Å². The van der Waals surface area contributed by atoms with Crippen molar-refractivity contribution in [1.82, 2.24) is 9.80 Å². The molecule has 1 aliphatic heterocycles. The van der Waals surface area contributed by atoms with Gasteiger partial charge in [0.05, 0.1) is 13.5 Å². The molecular weight excluding hydrogens is 328 g/mol. The Morgan fingerprint density at radius 1 is 0.923 bits per heavy atom. The molecule has 0 aromatic heterocycles. The number of methoxy groups -OCH3 is 1. The molecule has 1 fully saturated rings. The minimum Gasteiger partial charge on any atom is -0.497 e. The quantitative estimate of drug-likeness (QED) is 0.850. The minimum atomic E-state index is 0.0349. The summed E-state index contributed by atoms with van der Waals surface area (Å²) in [5, 5.41) is 0. The molecule has 1 heterocycles. The first-order valence-corrected chi connectivity index (χ1v) is 8.92. The van der Waals surface area contributed by atoms with Crippen LogP contribution in [0, 0.1) is 0 Å². The van der Waals surface area contributed by atoms with Crippen molar-refractivity contribution < 1.29 is 14.3 Å². The van der Waals surface area contributed by atoms with Crippen molar-refractivity contribution in [1.29, 1.82) is 0 Å². The number of hydrogen-bond acceptors (Lipinski definition) is 3. The summed E-state index contributed by atoms with van der Waals surface area (Å²) in [4.78, 5) is 28.9. The van der Waals surface area contributed by atoms with E-state index in [1.807, 2.05) is 64.4 Å². The van der Waals surface area contributed by atoms with E-state index in [4.69, 9.17) is 4.74 Å². The molecule has 136 valence electrons. The molecule has 0 spiro atoms. The summed E-state index contributed by atoms with van der Waals surface area (Å²) in [5.41, 5.74) is 1.64. The molecule has 1 aliphatic rings. The van der Waals surface area contributed by atoms with Crippen LogP contribution in [0.4, 0.5) is 0 Å². The fourth-order valence-electron chi connectivity index (χ4n) is 3.20. The van der Waals surface area contributed by atoms with Crippen LogP contribution in [0.5, 0.6) is 5.75 Å². The van der Waals surface area contributed by atoms with Gasteiger partial charge in [-0.2, -0.15) is 0 Å². The lowest BCUT2D eigenvalue weighted by Gasteiger charge is -2.22. The highest BCUT2D eigenvalue weighted by Gasteiger charge is 2.22. The van der Waals surface area contributed by atoms with Gasteiger partial charge in [0.1, 0.15) is 5.75 Å². The zero-order chi connectivity index (χ0) is 18.4. The maximum atomic E-state index is 12.6. The summed E-state index contributed by atoms with van der Waals surface area (Å²) < 4.78 is 5.22. The fourth-order valence-corrected chi connectivity index (χ4v) is 3.20. The van der Waals surface area contributed by atoms with E-state index < -0.39 is 0 Å². The number of carbonyl (C=O) groups excluding carboxylic acids is 2. The van der Waals surface area contributed by atoms with Crippen LogP contribution in [-0.4, -0.2) is 54.9 Å². The number of ether oxygens (including phenoxy) is 1. The lowest BCUT2D eigenvalue weighted by molar-refractivity contribution is -0.130. The number of benzene rings is 2. The van der Waals surface area contributed by atoms with Gasteiger partial charge < -0.3 is 14.5 Å². The van der Waals surface area contributed by atoms with Gasteiger partial charge in [0.15, 0.2) is 0 Å². The zero-order valence-corrected chi connectivity index (χ0v) is 15.1. The smallest absolute Gasteiger partial charge is 0.253 e. The van der Waals surface area contributed by atoms with E-state index in [2.05, 4.69) is 0 Å². The number of amides is 2. The van der Waals surface area contributed by atoms with Crippen LogP contribution in [0.2, 0.25) is 0 Å². The molecule has 1 saturated heterocycles. The van der Waals surface area contributed by atoms with Crippen molar-refractivity contribution in [2.24, 2.45) is 0 Å².